The lowest BCUT2D eigenvalue weighted by molar-refractivity contribution is -0.497. The Kier molecular flexibility index (Phi) is 2.84. The number of aryl methyl sites for hydroxylation is 1. The minimum Gasteiger partial charge on any atom is -0.630 e. The molecule has 5 heteroatoms. The van der Waals surface area contributed by atoms with E-state index in [0.29, 0.717) is 21.0 Å². The van der Waals surface area contributed by atoms with Crippen LogP contribution in [0.1, 0.15) is 5.69 Å². The number of quaternary nitrogens is 1. The minimum atomic E-state index is 0.383. The average molecular weight is 237 g/mol. The summed E-state index contributed by atoms with van der Waals surface area (Å²) >= 11 is 8.84. The van der Waals surface area contributed by atoms with Crippen molar-refractivity contribution in [3.63, 3.8) is 0 Å². The second-order valence-corrected chi connectivity index (χ2v) is 3.27. The molecule has 1 aromatic heterocycles. The van der Waals surface area contributed by atoms with E-state index in [2.05, 4.69) is 20.9 Å². The van der Waals surface area contributed by atoms with Gasteiger partial charge in [-0.2, -0.15) is 0 Å². The van der Waals surface area contributed by atoms with Crippen LogP contribution in [0, 0.1) is 12.1 Å². The number of rotatable bonds is 1. The summed E-state index contributed by atoms with van der Waals surface area (Å²) in [4.78, 5) is 3.93. The third-order valence-corrected chi connectivity index (χ3v) is 2.41. The SMILES string of the molecule is Cc1nc(Cl)c(Br)cc1[NH2+][O-]. The fourth-order valence-electron chi connectivity index (χ4n) is 0.685. The van der Waals surface area contributed by atoms with Crippen molar-refractivity contribution in [2.45, 2.75) is 6.92 Å². The normalized spacial score (nSPS) is 10.2. The zero-order valence-corrected chi connectivity index (χ0v) is 8.11. The van der Waals surface area contributed by atoms with Gasteiger partial charge in [0.2, 0.25) is 0 Å². The fraction of sp³-hybridized carbons (Fsp3) is 0.167. The number of hydrogen-bond acceptors (Lipinski definition) is 2. The molecule has 1 heterocycles. The standard InChI is InChI=1S/C6H6BrClN2O/c1-3-5(10-11)2-4(7)6(8)9-3/h2H,10H2,1H3. The van der Waals surface area contributed by atoms with E-state index < -0.39 is 0 Å². The molecular formula is C6H6BrClN2O. The maximum Gasteiger partial charge on any atom is 0.152 e. The molecule has 0 aliphatic rings. The summed E-state index contributed by atoms with van der Waals surface area (Å²) in [6.45, 7) is 1.74. The average Bonchev–Trinajstić information content (AvgIpc) is 1.97. The summed E-state index contributed by atoms with van der Waals surface area (Å²) in [5.74, 6) is 0. The van der Waals surface area contributed by atoms with Crippen molar-refractivity contribution >= 4 is 33.2 Å². The van der Waals surface area contributed by atoms with Crippen LogP contribution < -0.4 is 5.48 Å². The Morgan fingerprint density at radius 3 is 2.91 bits per heavy atom. The van der Waals surface area contributed by atoms with Crippen LogP contribution in [-0.4, -0.2) is 4.98 Å². The van der Waals surface area contributed by atoms with Crippen LogP contribution in [-0.2, 0) is 0 Å². The summed E-state index contributed by atoms with van der Waals surface area (Å²) < 4.78 is 0.645. The number of pyridine rings is 1. The number of halogens is 2. The Hall–Kier alpha value is -0.160. The number of nitrogens with two attached hydrogens (primary N) is 1. The zero-order valence-electron chi connectivity index (χ0n) is 5.77. The van der Waals surface area contributed by atoms with Crippen LogP contribution in [0.25, 0.3) is 0 Å². The van der Waals surface area contributed by atoms with Crippen LogP contribution >= 0.6 is 27.5 Å². The van der Waals surface area contributed by atoms with Gasteiger partial charge in [0, 0.05) is 6.07 Å². The highest BCUT2D eigenvalue weighted by Gasteiger charge is 2.05. The first kappa shape index (κ1) is 8.93. The lowest BCUT2D eigenvalue weighted by atomic mass is 10.3. The van der Waals surface area contributed by atoms with Gasteiger partial charge in [0.25, 0.3) is 0 Å². The lowest BCUT2D eigenvalue weighted by Crippen LogP contribution is -2.70. The largest absolute Gasteiger partial charge is 0.630 e. The van der Waals surface area contributed by atoms with Crippen molar-refractivity contribution in [3.05, 3.63) is 26.6 Å². The van der Waals surface area contributed by atoms with Gasteiger partial charge in [-0.25, -0.2) is 4.98 Å². The molecule has 0 atom stereocenters. The van der Waals surface area contributed by atoms with Gasteiger partial charge < -0.3 is 10.7 Å². The van der Waals surface area contributed by atoms with Gasteiger partial charge in [0.15, 0.2) is 5.69 Å². The van der Waals surface area contributed by atoms with Gasteiger partial charge in [-0.1, -0.05) is 11.6 Å². The second-order valence-electron chi connectivity index (χ2n) is 2.05. The van der Waals surface area contributed by atoms with Crippen molar-refractivity contribution in [2.24, 2.45) is 0 Å². The minimum absolute atomic E-state index is 0.383. The topological polar surface area (TPSA) is 52.6 Å². The second kappa shape index (κ2) is 3.49. The lowest BCUT2D eigenvalue weighted by Gasteiger charge is -2.05. The molecule has 0 aromatic carbocycles. The maximum absolute atomic E-state index is 10.4. The molecule has 0 aliphatic heterocycles. The third-order valence-electron chi connectivity index (χ3n) is 1.29. The maximum atomic E-state index is 10.4. The Morgan fingerprint density at radius 2 is 2.36 bits per heavy atom. The monoisotopic (exact) mass is 236 g/mol. The van der Waals surface area contributed by atoms with Gasteiger partial charge in [0.05, 0.1) is 4.47 Å². The third kappa shape index (κ3) is 1.90. The van der Waals surface area contributed by atoms with E-state index in [1.807, 2.05) is 0 Å². The summed E-state index contributed by atoms with van der Waals surface area (Å²) in [5.41, 5.74) is 1.96. The molecule has 0 fully saturated rings. The Balaban J connectivity index is 3.21. The number of aromatic nitrogens is 1. The number of hydrogen-bond donors (Lipinski definition) is 1. The highest BCUT2D eigenvalue weighted by atomic mass is 79.9. The Bertz CT molecular complexity index is 280. The van der Waals surface area contributed by atoms with Crippen LogP contribution in [0.15, 0.2) is 10.5 Å². The number of nitrogens with zero attached hydrogens (tertiary/aromatic N) is 1. The first-order chi connectivity index (χ1) is 5.15. The molecule has 1 rings (SSSR count). The van der Waals surface area contributed by atoms with Gasteiger partial charge in [-0.15, -0.1) is 0 Å². The molecule has 0 saturated heterocycles. The smallest absolute Gasteiger partial charge is 0.152 e. The quantitative estimate of drug-likeness (QED) is 0.594. The van der Waals surface area contributed by atoms with E-state index in [4.69, 9.17) is 11.6 Å². The predicted octanol–water partition coefficient (Wildman–Crippen LogP) is 1.50. The van der Waals surface area contributed by atoms with E-state index in [1.54, 1.807) is 13.0 Å². The molecule has 2 N–H and O–H groups in total. The molecule has 11 heavy (non-hydrogen) atoms. The molecule has 0 amide bonds. The summed E-state index contributed by atoms with van der Waals surface area (Å²) in [6, 6.07) is 1.65. The summed E-state index contributed by atoms with van der Waals surface area (Å²) in [6.07, 6.45) is 0. The molecule has 0 radical (unpaired) electrons. The molecule has 0 unspecified atom stereocenters. The highest BCUT2D eigenvalue weighted by molar-refractivity contribution is 9.10. The molecule has 1 aromatic rings. The predicted molar refractivity (Wildman–Crippen MR) is 46.6 cm³/mol. The van der Waals surface area contributed by atoms with Gasteiger partial charge in [-0.3, -0.25) is 0 Å². The van der Waals surface area contributed by atoms with E-state index in [-0.39, 0.29) is 0 Å². The Labute approximate surface area is 77.5 Å². The molecular weight excluding hydrogens is 231 g/mol. The molecule has 0 aliphatic carbocycles. The van der Waals surface area contributed by atoms with Crippen molar-refractivity contribution in [1.82, 2.24) is 4.98 Å². The van der Waals surface area contributed by atoms with Crippen LogP contribution in [0.4, 0.5) is 5.69 Å². The van der Waals surface area contributed by atoms with Gasteiger partial charge in [-0.05, 0) is 22.9 Å². The molecule has 0 bridgehead atoms. The molecule has 0 spiro atoms. The van der Waals surface area contributed by atoms with Crippen molar-refractivity contribution in [2.75, 3.05) is 0 Å². The van der Waals surface area contributed by atoms with E-state index >= 15 is 0 Å². The molecule has 60 valence electrons. The first-order valence-corrected chi connectivity index (χ1v) is 4.10. The van der Waals surface area contributed by atoms with Crippen LogP contribution in [0.3, 0.4) is 0 Å². The van der Waals surface area contributed by atoms with E-state index in [1.165, 1.54) is 0 Å². The summed E-state index contributed by atoms with van der Waals surface area (Å²) in [5, 5.41) is 10.8. The first-order valence-electron chi connectivity index (χ1n) is 2.93. The van der Waals surface area contributed by atoms with E-state index in [0.717, 1.165) is 5.48 Å². The molecule has 3 nitrogen and oxygen atoms in total. The summed E-state index contributed by atoms with van der Waals surface area (Å²) in [7, 11) is 0. The van der Waals surface area contributed by atoms with Crippen molar-refractivity contribution in [1.29, 1.82) is 0 Å². The van der Waals surface area contributed by atoms with Crippen molar-refractivity contribution in [3.8, 4) is 0 Å². The van der Waals surface area contributed by atoms with Crippen molar-refractivity contribution < 1.29 is 5.48 Å². The van der Waals surface area contributed by atoms with Crippen LogP contribution in [0.5, 0.6) is 0 Å². The fourth-order valence-corrected chi connectivity index (χ4v) is 1.20. The molecule has 0 saturated carbocycles. The van der Waals surface area contributed by atoms with E-state index in [9.17, 15) is 5.21 Å². The van der Waals surface area contributed by atoms with Crippen LogP contribution in [0.2, 0.25) is 5.15 Å². The Morgan fingerprint density at radius 1 is 1.73 bits per heavy atom. The zero-order chi connectivity index (χ0) is 8.43. The highest BCUT2D eigenvalue weighted by Crippen LogP contribution is 2.23. The van der Waals surface area contributed by atoms with Gasteiger partial charge >= 0.3 is 0 Å². The van der Waals surface area contributed by atoms with Gasteiger partial charge in [0.1, 0.15) is 10.8 Å².